The van der Waals surface area contributed by atoms with Crippen molar-refractivity contribution in [1.82, 2.24) is 10.2 Å². The fraction of sp³-hybridized carbons (Fsp3) is 0.556. The molecule has 0 aliphatic carbocycles. The fourth-order valence-corrected chi connectivity index (χ4v) is 1.70. The average Bonchev–Trinajstić information content (AvgIpc) is 2.70. The molecule has 2 rings (SSSR count). The molecule has 76 valence electrons. The summed E-state index contributed by atoms with van der Waals surface area (Å²) < 4.78 is 10.2. The van der Waals surface area contributed by atoms with E-state index in [0.717, 1.165) is 18.7 Å². The smallest absolute Gasteiger partial charge is 0.252 e. The van der Waals surface area contributed by atoms with Gasteiger partial charge >= 0.3 is 0 Å². The number of halogens is 1. The number of aromatic nitrogens is 2. The van der Waals surface area contributed by atoms with Crippen LogP contribution in [0.4, 0.5) is 0 Å². The normalized spacial score (nSPS) is 21.1. The molecule has 0 amide bonds. The van der Waals surface area contributed by atoms with Crippen molar-refractivity contribution in [3.63, 3.8) is 0 Å². The van der Waals surface area contributed by atoms with Gasteiger partial charge in [0, 0.05) is 12.5 Å². The number of methoxy groups -OCH3 is 1. The maximum atomic E-state index is 5.94. The van der Waals surface area contributed by atoms with Gasteiger partial charge in [0.15, 0.2) is 0 Å². The third kappa shape index (κ3) is 1.81. The van der Waals surface area contributed by atoms with Crippen LogP contribution in [0.15, 0.2) is 6.07 Å². The van der Waals surface area contributed by atoms with Crippen LogP contribution in [-0.4, -0.2) is 30.5 Å². The molecule has 1 saturated heterocycles. The summed E-state index contributed by atoms with van der Waals surface area (Å²) in [6, 6.07) is 1.80. The molecule has 1 aliphatic rings. The minimum atomic E-state index is 0.325. The molecule has 1 unspecified atom stereocenters. The summed E-state index contributed by atoms with van der Waals surface area (Å²) in [5.41, 5.74) is 0.883. The highest BCUT2D eigenvalue weighted by Crippen LogP contribution is 2.28. The second-order valence-corrected chi connectivity index (χ2v) is 3.59. The molecule has 0 spiro atoms. The van der Waals surface area contributed by atoms with Gasteiger partial charge in [0.2, 0.25) is 0 Å². The predicted octanol–water partition coefficient (Wildman–Crippen LogP) is 1.64. The Balaban J connectivity index is 2.23. The van der Waals surface area contributed by atoms with E-state index in [1.165, 1.54) is 7.11 Å². The topological polar surface area (TPSA) is 44.2 Å². The number of nitrogens with zero attached hydrogens (tertiary/aromatic N) is 2. The molecule has 0 aromatic carbocycles. The van der Waals surface area contributed by atoms with Crippen LogP contribution in [0.1, 0.15) is 18.0 Å². The molecular formula is C9H11ClN2O2. The average molecular weight is 215 g/mol. The van der Waals surface area contributed by atoms with Gasteiger partial charge in [-0.05, 0) is 12.5 Å². The van der Waals surface area contributed by atoms with Gasteiger partial charge in [-0.1, -0.05) is 11.6 Å². The van der Waals surface area contributed by atoms with E-state index in [0.29, 0.717) is 23.4 Å². The Bertz CT molecular complexity index is 327. The van der Waals surface area contributed by atoms with Crippen molar-refractivity contribution in [2.45, 2.75) is 12.3 Å². The van der Waals surface area contributed by atoms with E-state index in [-0.39, 0.29) is 0 Å². The van der Waals surface area contributed by atoms with Crippen molar-refractivity contribution >= 4 is 11.6 Å². The van der Waals surface area contributed by atoms with Gasteiger partial charge < -0.3 is 9.47 Å². The summed E-state index contributed by atoms with van der Waals surface area (Å²) in [7, 11) is 1.52. The summed E-state index contributed by atoms with van der Waals surface area (Å²) in [4.78, 5) is 0. The summed E-state index contributed by atoms with van der Waals surface area (Å²) >= 11 is 5.94. The number of rotatable bonds is 2. The largest absolute Gasteiger partial charge is 0.479 e. The van der Waals surface area contributed by atoms with E-state index in [1.807, 2.05) is 0 Å². The van der Waals surface area contributed by atoms with Crippen molar-refractivity contribution < 1.29 is 9.47 Å². The Morgan fingerprint density at radius 3 is 3.00 bits per heavy atom. The first-order valence-electron chi connectivity index (χ1n) is 4.46. The highest BCUT2D eigenvalue weighted by molar-refractivity contribution is 6.31. The monoisotopic (exact) mass is 214 g/mol. The molecule has 14 heavy (non-hydrogen) atoms. The summed E-state index contributed by atoms with van der Waals surface area (Å²) in [5, 5.41) is 8.44. The zero-order chi connectivity index (χ0) is 9.97. The van der Waals surface area contributed by atoms with Crippen LogP contribution in [0.3, 0.4) is 0 Å². The Kier molecular flexibility index (Phi) is 2.84. The second kappa shape index (κ2) is 4.11. The molecule has 0 saturated carbocycles. The van der Waals surface area contributed by atoms with Crippen LogP contribution in [0.2, 0.25) is 5.02 Å². The van der Waals surface area contributed by atoms with Crippen LogP contribution >= 0.6 is 11.6 Å². The molecular weight excluding hydrogens is 204 g/mol. The van der Waals surface area contributed by atoms with Crippen molar-refractivity contribution in [2.75, 3.05) is 20.3 Å². The van der Waals surface area contributed by atoms with E-state index in [9.17, 15) is 0 Å². The number of ether oxygens (including phenoxy) is 2. The molecule has 1 atom stereocenters. The number of hydrogen-bond donors (Lipinski definition) is 0. The van der Waals surface area contributed by atoms with Gasteiger partial charge in [0.25, 0.3) is 5.88 Å². The van der Waals surface area contributed by atoms with Crippen LogP contribution < -0.4 is 4.74 Å². The number of hydrogen-bond acceptors (Lipinski definition) is 4. The molecule has 0 N–H and O–H groups in total. The van der Waals surface area contributed by atoms with Crippen molar-refractivity contribution in [3.8, 4) is 5.88 Å². The summed E-state index contributed by atoms with van der Waals surface area (Å²) in [6.07, 6.45) is 0.983. The SMILES string of the molecule is COc1nnc(C2CCOC2)cc1Cl. The van der Waals surface area contributed by atoms with Crippen molar-refractivity contribution in [3.05, 3.63) is 16.8 Å². The molecule has 0 radical (unpaired) electrons. The van der Waals surface area contributed by atoms with Gasteiger partial charge in [-0.25, -0.2) is 0 Å². The lowest BCUT2D eigenvalue weighted by Gasteiger charge is -2.07. The predicted molar refractivity (Wildman–Crippen MR) is 51.8 cm³/mol. The van der Waals surface area contributed by atoms with Crippen molar-refractivity contribution in [2.24, 2.45) is 0 Å². The zero-order valence-corrected chi connectivity index (χ0v) is 8.62. The minimum absolute atomic E-state index is 0.325. The lowest BCUT2D eigenvalue weighted by molar-refractivity contribution is 0.193. The molecule has 1 aliphatic heterocycles. The first-order chi connectivity index (χ1) is 6.81. The minimum Gasteiger partial charge on any atom is -0.479 e. The Morgan fingerprint density at radius 1 is 1.57 bits per heavy atom. The summed E-state index contributed by atoms with van der Waals surface area (Å²) in [5.74, 6) is 0.695. The van der Waals surface area contributed by atoms with Crippen molar-refractivity contribution in [1.29, 1.82) is 0 Å². The van der Waals surface area contributed by atoms with Gasteiger partial charge in [0.1, 0.15) is 5.02 Å². The lowest BCUT2D eigenvalue weighted by atomic mass is 10.1. The van der Waals surface area contributed by atoms with E-state index in [1.54, 1.807) is 6.07 Å². The maximum Gasteiger partial charge on any atom is 0.252 e. The Labute approximate surface area is 87.2 Å². The molecule has 2 heterocycles. The fourth-order valence-electron chi connectivity index (χ4n) is 1.48. The lowest BCUT2D eigenvalue weighted by Crippen LogP contribution is -2.03. The van der Waals surface area contributed by atoms with E-state index in [2.05, 4.69) is 10.2 Å². The van der Waals surface area contributed by atoms with Gasteiger partial charge in [-0.2, -0.15) is 5.10 Å². The molecule has 5 heteroatoms. The maximum absolute atomic E-state index is 5.94. The first kappa shape index (κ1) is 9.68. The molecule has 1 fully saturated rings. The Morgan fingerprint density at radius 2 is 2.43 bits per heavy atom. The van der Waals surface area contributed by atoms with Crippen LogP contribution in [-0.2, 0) is 4.74 Å². The molecule has 1 aromatic heterocycles. The summed E-state index contributed by atoms with van der Waals surface area (Å²) in [6.45, 7) is 1.49. The third-order valence-electron chi connectivity index (χ3n) is 2.28. The van der Waals surface area contributed by atoms with Crippen LogP contribution in [0.25, 0.3) is 0 Å². The van der Waals surface area contributed by atoms with Crippen LogP contribution in [0.5, 0.6) is 5.88 Å². The molecule has 4 nitrogen and oxygen atoms in total. The molecule has 1 aromatic rings. The first-order valence-corrected chi connectivity index (χ1v) is 4.84. The zero-order valence-electron chi connectivity index (χ0n) is 7.86. The van der Waals surface area contributed by atoms with E-state index in [4.69, 9.17) is 21.1 Å². The highest BCUT2D eigenvalue weighted by atomic mass is 35.5. The highest BCUT2D eigenvalue weighted by Gasteiger charge is 2.20. The molecule has 0 bridgehead atoms. The van der Waals surface area contributed by atoms with Gasteiger partial charge in [0.05, 0.1) is 19.4 Å². The van der Waals surface area contributed by atoms with Gasteiger partial charge in [-0.15, -0.1) is 5.10 Å². The quantitative estimate of drug-likeness (QED) is 0.751. The second-order valence-electron chi connectivity index (χ2n) is 3.19. The standard InChI is InChI=1S/C9H11ClN2O2/c1-13-9-7(10)4-8(11-12-9)6-2-3-14-5-6/h4,6H,2-3,5H2,1H3. The third-order valence-corrected chi connectivity index (χ3v) is 2.55. The van der Waals surface area contributed by atoms with E-state index < -0.39 is 0 Å². The van der Waals surface area contributed by atoms with Gasteiger partial charge in [-0.3, -0.25) is 0 Å². The van der Waals surface area contributed by atoms with Crippen LogP contribution in [0, 0.1) is 0 Å². The van der Waals surface area contributed by atoms with E-state index >= 15 is 0 Å². The Hall–Kier alpha value is -0.870.